The van der Waals surface area contributed by atoms with E-state index in [9.17, 15) is 17.6 Å². The Labute approximate surface area is 177 Å². The number of ether oxygens (including phenoxy) is 1. The largest absolute Gasteiger partial charge is 0.495 e. The smallest absolute Gasteiger partial charge is 0.246 e. The lowest BCUT2D eigenvalue weighted by molar-refractivity contribution is -0.120. The molecule has 0 spiro atoms. The second kappa shape index (κ2) is 9.14. The van der Waals surface area contributed by atoms with Crippen LogP contribution in [0, 0.1) is 11.7 Å². The summed E-state index contributed by atoms with van der Waals surface area (Å²) in [7, 11) is -2.42. The summed E-state index contributed by atoms with van der Waals surface area (Å²) >= 11 is 0. The van der Waals surface area contributed by atoms with E-state index < -0.39 is 21.8 Å². The minimum atomic E-state index is -3.85. The molecule has 2 aromatic carbocycles. The number of nitrogens with zero attached hydrogens (tertiary/aromatic N) is 1. The first-order valence-electron chi connectivity index (χ1n) is 9.97. The van der Waals surface area contributed by atoms with Crippen molar-refractivity contribution < 1.29 is 22.3 Å². The molecule has 0 radical (unpaired) electrons. The molecule has 0 unspecified atom stereocenters. The van der Waals surface area contributed by atoms with Gasteiger partial charge in [-0.3, -0.25) is 4.79 Å². The van der Waals surface area contributed by atoms with Gasteiger partial charge in [-0.05, 0) is 48.6 Å². The minimum Gasteiger partial charge on any atom is -0.495 e. The first kappa shape index (κ1) is 22.2. The molecular formula is C22H27FN2O4S. The highest BCUT2D eigenvalue weighted by Gasteiger charge is 2.35. The zero-order chi connectivity index (χ0) is 21.9. The van der Waals surface area contributed by atoms with E-state index in [4.69, 9.17) is 4.74 Å². The second-order valence-electron chi connectivity index (χ2n) is 7.74. The normalized spacial score (nSPS) is 17.7. The first-order valence-corrected chi connectivity index (χ1v) is 11.4. The molecule has 6 nitrogen and oxygen atoms in total. The number of piperidine rings is 1. The van der Waals surface area contributed by atoms with Crippen LogP contribution in [-0.4, -0.2) is 38.8 Å². The average Bonchev–Trinajstić information content (AvgIpc) is 2.74. The Morgan fingerprint density at radius 1 is 1.23 bits per heavy atom. The molecule has 0 bridgehead atoms. The van der Waals surface area contributed by atoms with Gasteiger partial charge in [0.15, 0.2) is 0 Å². The van der Waals surface area contributed by atoms with Crippen LogP contribution in [0.1, 0.15) is 38.2 Å². The Bertz CT molecular complexity index is 1020. The Kier molecular flexibility index (Phi) is 6.77. The zero-order valence-electron chi connectivity index (χ0n) is 17.4. The number of carbonyl (C=O) groups excluding carboxylic acids is 1. The highest BCUT2D eigenvalue weighted by Crippen LogP contribution is 2.32. The lowest BCUT2D eigenvalue weighted by Gasteiger charge is -2.31. The molecule has 0 saturated carbocycles. The van der Waals surface area contributed by atoms with Crippen molar-refractivity contribution in [2.45, 2.75) is 37.5 Å². The minimum absolute atomic E-state index is 0.0394. The molecule has 0 aromatic heterocycles. The molecule has 3 rings (SSSR count). The lowest BCUT2D eigenvalue weighted by atomic mass is 9.98. The molecule has 1 atom stereocenters. The van der Waals surface area contributed by atoms with Gasteiger partial charge in [0.1, 0.15) is 16.5 Å². The van der Waals surface area contributed by atoms with Crippen LogP contribution in [0.4, 0.5) is 10.1 Å². The van der Waals surface area contributed by atoms with Crippen LogP contribution >= 0.6 is 0 Å². The van der Waals surface area contributed by atoms with Crippen molar-refractivity contribution in [3.63, 3.8) is 0 Å². The third-order valence-electron chi connectivity index (χ3n) is 5.36. The average molecular weight is 435 g/mol. The summed E-state index contributed by atoms with van der Waals surface area (Å²) in [6.45, 7) is 4.34. The van der Waals surface area contributed by atoms with Crippen LogP contribution < -0.4 is 10.1 Å². The third kappa shape index (κ3) is 4.65. The molecule has 1 heterocycles. The highest BCUT2D eigenvalue weighted by molar-refractivity contribution is 7.89. The highest BCUT2D eigenvalue weighted by atomic mass is 32.2. The van der Waals surface area contributed by atoms with Crippen molar-refractivity contribution in [2.24, 2.45) is 5.92 Å². The summed E-state index contributed by atoms with van der Waals surface area (Å²) in [6.07, 6.45) is 1.08. The summed E-state index contributed by atoms with van der Waals surface area (Å²) in [4.78, 5) is 12.8. The Morgan fingerprint density at radius 2 is 1.97 bits per heavy atom. The number of rotatable bonds is 6. The number of benzene rings is 2. The maximum absolute atomic E-state index is 13.9. The van der Waals surface area contributed by atoms with Gasteiger partial charge in [0.2, 0.25) is 15.9 Å². The summed E-state index contributed by atoms with van der Waals surface area (Å²) in [5.41, 5.74) is 0.981. The van der Waals surface area contributed by atoms with Gasteiger partial charge in [0, 0.05) is 13.1 Å². The van der Waals surface area contributed by atoms with Crippen molar-refractivity contribution in [2.75, 3.05) is 25.5 Å². The van der Waals surface area contributed by atoms with Gasteiger partial charge in [-0.1, -0.05) is 32.0 Å². The number of hydrogen-bond donors (Lipinski definition) is 1. The number of nitrogens with one attached hydrogen (secondary N) is 1. The molecule has 2 aromatic rings. The predicted molar refractivity (Wildman–Crippen MR) is 114 cm³/mol. The van der Waals surface area contributed by atoms with Crippen LogP contribution in [0.25, 0.3) is 0 Å². The lowest BCUT2D eigenvalue weighted by Crippen LogP contribution is -2.43. The van der Waals surface area contributed by atoms with E-state index in [2.05, 4.69) is 5.32 Å². The van der Waals surface area contributed by atoms with Crippen molar-refractivity contribution in [3.8, 4) is 5.75 Å². The monoisotopic (exact) mass is 434 g/mol. The Hall–Kier alpha value is -2.45. The van der Waals surface area contributed by atoms with Gasteiger partial charge in [0.05, 0.1) is 18.7 Å². The van der Waals surface area contributed by atoms with E-state index in [0.29, 0.717) is 19.4 Å². The number of halogens is 1. The van der Waals surface area contributed by atoms with Gasteiger partial charge in [-0.15, -0.1) is 0 Å². The molecule has 30 heavy (non-hydrogen) atoms. The third-order valence-corrected chi connectivity index (χ3v) is 7.25. The molecule has 1 aliphatic rings. The van der Waals surface area contributed by atoms with Crippen LogP contribution in [0.15, 0.2) is 47.4 Å². The van der Waals surface area contributed by atoms with E-state index in [1.807, 2.05) is 19.9 Å². The van der Waals surface area contributed by atoms with E-state index in [0.717, 1.165) is 5.56 Å². The van der Waals surface area contributed by atoms with Crippen LogP contribution in [0.2, 0.25) is 0 Å². The van der Waals surface area contributed by atoms with Crippen LogP contribution in [0.5, 0.6) is 5.75 Å². The van der Waals surface area contributed by atoms with E-state index in [-0.39, 0.29) is 34.7 Å². The number of amides is 1. The first-order chi connectivity index (χ1) is 14.2. The van der Waals surface area contributed by atoms with Gasteiger partial charge in [-0.25, -0.2) is 12.8 Å². The number of carbonyl (C=O) groups is 1. The number of hydrogen-bond acceptors (Lipinski definition) is 4. The van der Waals surface area contributed by atoms with Gasteiger partial charge < -0.3 is 10.1 Å². The zero-order valence-corrected chi connectivity index (χ0v) is 18.2. The standard InChI is InChI=1S/C22H27FN2O4S/c1-15(2)16-10-11-20(29-3)21(13-16)30(27,28)25-12-6-7-17(14-25)22(26)24-19-9-5-4-8-18(19)23/h4-5,8-11,13,15,17H,6-7,12,14H2,1-3H3,(H,24,26)/t17-/m1/s1. The van der Waals surface area contributed by atoms with Crippen molar-refractivity contribution in [1.82, 2.24) is 4.31 Å². The molecule has 8 heteroatoms. The molecule has 1 N–H and O–H groups in total. The molecule has 1 fully saturated rings. The molecule has 1 amide bonds. The number of sulfonamides is 1. The molecule has 1 saturated heterocycles. The fourth-order valence-corrected chi connectivity index (χ4v) is 5.28. The van der Waals surface area contributed by atoms with Gasteiger partial charge >= 0.3 is 0 Å². The van der Waals surface area contributed by atoms with Crippen LogP contribution in [-0.2, 0) is 14.8 Å². The van der Waals surface area contributed by atoms with Crippen molar-refractivity contribution in [3.05, 3.63) is 53.8 Å². The maximum atomic E-state index is 13.9. The van der Waals surface area contributed by atoms with Crippen molar-refractivity contribution >= 4 is 21.6 Å². The molecular weight excluding hydrogens is 407 g/mol. The fraction of sp³-hybridized carbons (Fsp3) is 0.409. The summed E-state index contributed by atoms with van der Waals surface area (Å²) in [5.74, 6) is -1.04. The summed E-state index contributed by atoms with van der Waals surface area (Å²) in [5, 5.41) is 2.58. The van der Waals surface area contributed by atoms with E-state index >= 15 is 0 Å². The predicted octanol–water partition coefficient (Wildman–Crippen LogP) is 4.00. The van der Waals surface area contributed by atoms with Gasteiger partial charge in [0.25, 0.3) is 0 Å². The maximum Gasteiger partial charge on any atom is 0.246 e. The number of methoxy groups -OCH3 is 1. The second-order valence-corrected chi connectivity index (χ2v) is 9.64. The quantitative estimate of drug-likeness (QED) is 0.746. The SMILES string of the molecule is COc1ccc(C(C)C)cc1S(=O)(=O)N1CCC[C@@H](C(=O)Nc2ccccc2F)C1. The Balaban J connectivity index is 1.83. The number of anilines is 1. The van der Waals surface area contributed by atoms with E-state index in [1.54, 1.807) is 24.3 Å². The Morgan fingerprint density at radius 3 is 2.63 bits per heavy atom. The fourth-order valence-electron chi connectivity index (χ4n) is 3.57. The topological polar surface area (TPSA) is 75.7 Å². The summed E-state index contributed by atoms with van der Waals surface area (Å²) < 4.78 is 47.2. The van der Waals surface area contributed by atoms with E-state index in [1.165, 1.54) is 23.5 Å². The van der Waals surface area contributed by atoms with Gasteiger partial charge in [-0.2, -0.15) is 4.31 Å². The molecule has 162 valence electrons. The molecule has 0 aliphatic carbocycles. The van der Waals surface area contributed by atoms with Crippen LogP contribution in [0.3, 0.4) is 0 Å². The molecule has 1 aliphatic heterocycles. The summed E-state index contributed by atoms with van der Waals surface area (Å²) in [6, 6.07) is 11.1. The van der Waals surface area contributed by atoms with Crippen molar-refractivity contribution in [1.29, 1.82) is 0 Å². The number of para-hydroxylation sites is 1.